The molecule has 0 fully saturated rings. The van der Waals surface area contributed by atoms with Gasteiger partial charge < -0.3 is 14.1 Å². The summed E-state index contributed by atoms with van der Waals surface area (Å²) in [6.45, 7) is 0. The first kappa shape index (κ1) is 29.6. The van der Waals surface area contributed by atoms with E-state index in [9.17, 15) is 0 Å². The molecule has 0 heterocycles. The van der Waals surface area contributed by atoms with E-state index in [2.05, 4.69) is 0 Å². The summed E-state index contributed by atoms with van der Waals surface area (Å²) in [6.07, 6.45) is 0. The molecule has 0 aromatic rings. The molecule has 0 radical (unpaired) electrons. The third kappa shape index (κ3) is 50.2. The summed E-state index contributed by atoms with van der Waals surface area (Å²) in [6, 6.07) is 0. The van der Waals surface area contributed by atoms with Crippen molar-refractivity contribution in [3.05, 3.63) is 0 Å². The first-order valence-electron chi connectivity index (χ1n) is 0.612. The van der Waals surface area contributed by atoms with Crippen LogP contribution in [0.3, 0.4) is 0 Å². The van der Waals surface area contributed by atoms with Gasteiger partial charge in [-0.25, -0.2) is 0 Å². The molecule has 0 bridgehead atoms. The monoisotopic (exact) mass is 205 g/mol. The van der Waals surface area contributed by atoms with Crippen molar-refractivity contribution in [1.82, 2.24) is 0 Å². The van der Waals surface area contributed by atoms with Crippen LogP contribution in [0.1, 0.15) is 0 Å². The van der Waals surface area contributed by atoms with Crippen LogP contribution in [-0.4, -0.2) is 64.3 Å². The first-order valence-corrected chi connectivity index (χ1v) is 1.84. The van der Waals surface area contributed by atoms with Gasteiger partial charge in [-0.1, -0.05) is 0 Å². The maximum atomic E-state index is 8.52. The van der Waals surface area contributed by atoms with Crippen LogP contribution < -0.4 is 90.5 Å². The zero-order valence-electron chi connectivity index (χ0n) is 5.01. The van der Waals surface area contributed by atoms with Crippen LogP contribution in [0.4, 0.5) is 0 Å². The van der Waals surface area contributed by atoms with Crippen LogP contribution in [0.25, 0.3) is 0 Å². The van der Waals surface area contributed by atoms with Crippen LogP contribution in [0, 0.1) is 0 Å². The molecule has 0 saturated heterocycles. The molecule has 0 aliphatic carbocycles. The van der Waals surface area contributed by atoms with E-state index in [4.69, 9.17) is 14.1 Å². The molecule has 0 amide bonds. The standard InChI is InChI=1S/Al.Ca.K.Na.O3Si/c;;;;1-4(2)3/q+3;+2;2*+1;-2. The van der Waals surface area contributed by atoms with Crippen LogP contribution in [0.2, 0.25) is 0 Å². The number of hydrogen-bond donors (Lipinski definition) is 0. The van der Waals surface area contributed by atoms with Gasteiger partial charge in [0.15, 0.2) is 0 Å². The second kappa shape index (κ2) is 22.5. The van der Waals surface area contributed by atoms with Crippen molar-refractivity contribution in [2.75, 3.05) is 0 Å². The van der Waals surface area contributed by atoms with E-state index < -0.39 is 9.17 Å². The minimum atomic E-state index is -3.63. The Morgan fingerprint density at radius 3 is 1.25 bits per heavy atom. The second-order valence-electron chi connectivity index (χ2n) is 0.250. The van der Waals surface area contributed by atoms with E-state index in [1.54, 1.807) is 0 Å². The Bertz CT molecular complexity index is 42.3. The molecular formula is AlCaKNaO3Si+5. The average molecular weight is 205 g/mol. The van der Waals surface area contributed by atoms with Crippen molar-refractivity contribution in [1.29, 1.82) is 0 Å². The van der Waals surface area contributed by atoms with Crippen molar-refractivity contribution in [2.45, 2.75) is 0 Å². The Labute approximate surface area is 155 Å². The van der Waals surface area contributed by atoms with E-state index >= 15 is 0 Å². The van der Waals surface area contributed by atoms with Gasteiger partial charge in [0.25, 0.3) is 0 Å². The first-order chi connectivity index (χ1) is 1.73. The van der Waals surface area contributed by atoms with Crippen molar-refractivity contribution >= 4 is 64.3 Å². The van der Waals surface area contributed by atoms with Crippen molar-refractivity contribution in [3.8, 4) is 0 Å². The molecule has 0 rings (SSSR count). The van der Waals surface area contributed by atoms with Crippen molar-refractivity contribution < 1.29 is 95.0 Å². The summed E-state index contributed by atoms with van der Waals surface area (Å²) in [7, 11) is -3.63. The molecule has 0 aliphatic heterocycles. The molecule has 0 aromatic carbocycles. The van der Waals surface area contributed by atoms with E-state index in [1.165, 1.54) is 0 Å². The maximum absolute atomic E-state index is 8.52. The molecule has 3 nitrogen and oxygen atoms in total. The predicted octanol–water partition coefficient (Wildman–Crippen LogP) is -9.63. The van der Waals surface area contributed by atoms with E-state index in [0.29, 0.717) is 0 Å². The summed E-state index contributed by atoms with van der Waals surface area (Å²) in [4.78, 5) is 17.0. The normalized spacial score (nSPS) is 3.00. The quantitative estimate of drug-likeness (QED) is 0.369. The Kier molecular flexibility index (Phi) is 83.1. The minimum absolute atomic E-state index is 0. The van der Waals surface area contributed by atoms with Crippen molar-refractivity contribution in [3.63, 3.8) is 0 Å². The summed E-state index contributed by atoms with van der Waals surface area (Å²) in [5.41, 5.74) is 0. The van der Waals surface area contributed by atoms with Crippen molar-refractivity contribution in [2.24, 2.45) is 0 Å². The average Bonchev–Trinajstić information content (AvgIpc) is 0.811. The number of rotatable bonds is 0. The summed E-state index contributed by atoms with van der Waals surface area (Å²) < 4.78 is 8.52. The summed E-state index contributed by atoms with van der Waals surface area (Å²) in [5.74, 6) is 0. The fraction of sp³-hybridized carbons (Fsp3) is 0. The Hall–Kier alpha value is 4.05. The molecule has 0 unspecified atom stereocenters. The minimum Gasteiger partial charge on any atom is -0.672 e. The van der Waals surface area contributed by atoms with Crippen LogP contribution in [0.5, 0.6) is 0 Å². The molecule has 8 heteroatoms. The van der Waals surface area contributed by atoms with E-state index in [-0.39, 0.29) is 136 Å². The maximum Gasteiger partial charge on any atom is 3.00 e. The van der Waals surface area contributed by atoms with Gasteiger partial charge in [0.2, 0.25) is 0 Å². The molecule has 0 saturated carbocycles. The van der Waals surface area contributed by atoms with Gasteiger partial charge in [-0.3, -0.25) is 0 Å². The molecule has 0 aliphatic rings. The van der Waals surface area contributed by atoms with E-state index in [0.717, 1.165) is 0 Å². The van der Waals surface area contributed by atoms with Gasteiger partial charge in [0, 0.05) is 9.17 Å². The Morgan fingerprint density at radius 2 is 1.25 bits per heavy atom. The van der Waals surface area contributed by atoms with Gasteiger partial charge in [-0.2, -0.15) is 0 Å². The third-order valence-electron chi connectivity index (χ3n) is 0. The van der Waals surface area contributed by atoms with Gasteiger partial charge in [-0.05, 0) is 0 Å². The summed E-state index contributed by atoms with van der Waals surface area (Å²) in [5, 5.41) is 0. The topological polar surface area (TPSA) is 63.2 Å². The van der Waals surface area contributed by atoms with Gasteiger partial charge in [-0.15, -0.1) is 0 Å². The van der Waals surface area contributed by atoms with Crippen LogP contribution in [0.15, 0.2) is 0 Å². The SMILES string of the molecule is O=[Si]([O-])[O-].[Al+3].[Ca+2].[K+].[Na+]. The Morgan fingerprint density at radius 1 is 1.25 bits per heavy atom. The smallest absolute Gasteiger partial charge is 0.672 e. The zero-order valence-corrected chi connectivity index (χ0v) is 14.5. The second-order valence-corrected chi connectivity index (χ2v) is 0.750. The fourth-order valence-electron chi connectivity index (χ4n) is 0. The van der Waals surface area contributed by atoms with Gasteiger partial charge >= 0.3 is 136 Å². The molecule has 0 N–H and O–H groups in total. The van der Waals surface area contributed by atoms with Crippen LogP contribution in [-0.2, 0) is 4.46 Å². The molecule has 24 valence electrons. The predicted molar refractivity (Wildman–Crippen MR) is 17.9 cm³/mol. The molecule has 0 aromatic heterocycles. The molecule has 0 atom stereocenters. The third-order valence-corrected chi connectivity index (χ3v) is 0. The zero-order chi connectivity index (χ0) is 3.58. The fourth-order valence-corrected chi connectivity index (χ4v) is 0. The van der Waals surface area contributed by atoms with E-state index in [1.807, 2.05) is 0 Å². The van der Waals surface area contributed by atoms with Crippen LogP contribution >= 0.6 is 0 Å². The molecule has 8 heavy (non-hydrogen) atoms. The largest absolute Gasteiger partial charge is 3.00 e. The Balaban J connectivity index is -0.00000000750. The van der Waals surface area contributed by atoms with Gasteiger partial charge in [0.05, 0.1) is 0 Å². The van der Waals surface area contributed by atoms with Gasteiger partial charge in [0.1, 0.15) is 0 Å². The summed E-state index contributed by atoms with van der Waals surface area (Å²) >= 11 is 0. The number of hydrogen-bond acceptors (Lipinski definition) is 3. The molecule has 0 spiro atoms. The molecular weight excluding hydrogens is 205 g/mol.